The fraction of sp³-hybridized carbons (Fsp3) is 0.186. The van der Waals surface area contributed by atoms with Crippen LogP contribution in [0.15, 0.2) is 133 Å². The third kappa shape index (κ3) is 13.1. The minimum Gasteiger partial charge on any atom is -0.508 e. The molecule has 2 aliphatic carbocycles. The fourth-order valence-corrected chi connectivity index (χ4v) is 13.0. The number of thioether (sulfide) groups is 2. The van der Waals surface area contributed by atoms with Crippen LogP contribution in [0, 0.1) is 13.8 Å². The number of aryl methyl sites for hydroxylation is 4. The van der Waals surface area contributed by atoms with Crippen LogP contribution in [0.2, 0.25) is 20.6 Å². The highest BCUT2D eigenvalue weighted by Crippen LogP contribution is 2.45. The number of nitrogens with one attached hydrogen (secondary N) is 2. The van der Waals surface area contributed by atoms with E-state index in [4.69, 9.17) is 51.1 Å². The highest BCUT2D eigenvalue weighted by molar-refractivity contribution is 8.15. The second-order valence-electron chi connectivity index (χ2n) is 19.2. The van der Waals surface area contributed by atoms with Crippen molar-refractivity contribution in [2.75, 3.05) is 0 Å². The van der Waals surface area contributed by atoms with E-state index in [0.29, 0.717) is 27.1 Å². The maximum absolute atomic E-state index is 12.5. The molecule has 4 atom stereocenters. The molecule has 25 heteroatoms. The summed E-state index contributed by atoms with van der Waals surface area (Å²) in [4.78, 5) is 46.4. The average molecular weight is 1250 g/mol. The second kappa shape index (κ2) is 25.6. The SMILES string of the molecule is Cc1nnc(Cl)c2ccccc12.Cc1nnc(Oc2ccc3c(c2)CC[C@H]3C2SC(=O)NC2=O)c2ccccc12.Clc1nnc(Cl)c2ccccc12.FC(F)(F)c1nnc(Cl)c2ccccc12.O=C1NC(=O)C([C@@H]2CCc3cc(O)ccc32)S1. The van der Waals surface area contributed by atoms with Crippen LogP contribution in [-0.4, -0.2) is 78.7 Å². The summed E-state index contributed by atoms with van der Waals surface area (Å²) >= 11 is 25.3. The zero-order valence-corrected chi connectivity index (χ0v) is 48.5. The molecule has 14 rings (SSSR count). The van der Waals surface area contributed by atoms with Crippen LogP contribution in [0.3, 0.4) is 0 Å². The molecule has 2 aliphatic heterocycles. The van der Waals surface area contributed by atoms with Crippen molar-refractivity contribution in [2.45, 2.75) is 68.0 Å². The summed E-state index contributed by atoms with van der Waals surface area (Å²) < 4.78 is 43.6. The number of imide groups is 2. The van der Waals surface area contributed by atoms with Gasteiger partial charge in [0, 0.05) is 54.9 Å². The molecule has 6 heterocycles. The predicted octanol–water partition coefficient (Wildman–Crippen LogP) is 14.7. The van der Waals surface area contributed by atoms with E-state index in [9.17, 15) is 37.5 Å². The van der Waals surface area contributed by atoms with Crippen LogP contribution >= 0.6 is 69.9 Å². The quantitative estimate of drug-likeness (QED) is 0.149. The number of rotatable bonds is 4. The molecule has 2 fully saturated rings. The molecule has 0 saturated carbocycles. The first-order valence-corrected chi connectivity index (χ1v) is 28.9. The summed E-state index contributed by atoms with van der Waals surface area (Å²) in [7, 11) is 0. The van der Waals surface area contributed by atoms with Crippen molar-refractivity contribution >= 4 is 135 Å². The van der Waals surface area contributed by atoms with Gasteiger partial charge in [0.25, 0.3) is 10.5 Å². The zero-order valence-electron chi connectivity index (χ0n) is 43.9. The van der Waals surface area contributed by atoms with Crippen molar-refractivity contribution in [1.82, 2.24) is 51.4 Å². The normalized spacial score (nSPS) is 17.6. The average Bonchev–Trinajstić information content (AvgIpc) is 4.51. The topological polar surface area (TPSA) is 225 Å². The number of aromatic nitrogens is 8. The lowest BCUT2D eigenvalue weighted by Crippen LogP contribution is -2.27. The van der Waals surface area contributed by atoms with Crippen LogP contribution in [0.4, 0.5) is 22.8 Å². The lowest BCUT2D eigenvalue weighted by Gasteiger charge is -2.16. The van der Waals surface area contributed by atoms with E-state index >= 15 is 0 Å². The molecule has 0 spiro atoms. The maximum Gasteiger partial charge on any atom is 0.435 e. The molecule has 16 nitrogen and oxygen atoms in total. The molecule has 2 unspecified atom stereocenters. The number of ether oxygens (including phenoxy) is 1. The van der Waals surface area contributed by atoms with E-state index in [-0.39, 0.29) is 66.3 Å². The zero-order chi connectivity index (χ0) is 59.4. The Morgan fingerprint density at radius 2 is 0.893 bits per heavy atom. The van der Waals surface area contributed by atoms with E-state index < -0.39 is 11.9 Å². The molecule has 84 heavy (non-hydrogen) atoms. The van der Waals surface area contributed by atoms with Gasteiger partial charge in [0.15, 0.2) is 26.3 Å². The van der Waals surface area contributed by atoms with Gasteiger partial charge in [-0.2, -0.15) is 23.4 Å². The first-order chi connectivity index (χ1) is 40.3. The van der Waals surface area contributed by atoms with Gasteiger partial charge in [-0.3, -0.25) is 29.8 Å². The standard InChI is InChI=1S/C21H17N3O3S.C12H11NO3S.C9H4ClF3N2.C9H7ClN2.C8H4Cl2N2/c1-11-14-4-2-3-5-17(14)20(24-23-11)27-13-7-9-15-12(10-13)6-8-16(15)18-19(25)22-21(26)28-18;14-7-2-4-8-6(5-7)1-3-9(8)10-11(15)13-12(16)17-10;10-8-6-4-2-1-3-5(6)7(14-15-8)9(11,12)13;1-6-7-4-2-3-5-8(7)9(10)12-11-6;9-7-5-3-1-2-4-6(5)8(10)12-11-7/h2-5,7,9-10,16,18H,6,8H2,1H3,(H,22,25,26);2,4-5,9-10,14H,1,3H2,(H,13,15,16);1-4H;2-5H,1H3;1-4H/t16-,18?;9-,10?;;;/m11.../s1. The molecule has 426 valence electrons. The number of phenols is 1. The van der Waals surface area contributed by atoms with E-state index in [0.717, 1.165) is 115 Å². The van der Waals surface area contributed by atoms with Crippen molar-refractivity contribution in [3.05, 3.63) is 193 Å². The first-order valence-electron chi connectivity index (χ1n) is 25.6. The van der Waals surface area contributed by atoms with Gasteiger partial charge < -0.3 is 9.84 Å². The predicted molar refractivity (Wildman–Crippen MR) is 319 cm³/mol. The third-order valence-corrected chi connectivity index (χ3v) is 17.4. The van der Waals surface area contributed by atoms with E-state index in [1.807, 2.05) is 111 Å². The molecular weight excluding hydrogens is 1210 g/mol. The van der Waals surface area contributed by atoms with Gasteiger partial charge in [-0.1, -0.05) is 173 Å². The number of phenolic OH excluding ortho intramolecular Hbond substituents is 1. The van der Waals surface area contributed by atoms with Crippen molar-refractivity contribution in [2.24, 2.45) is 0 Å². The number of benzene rings is 6. The molecule has 0 bridgehead atoms. The number of amides is 4. The van der Waals surface area contributed by atoms with E-state index in [1.165, 1.54) is 18.2 Å². The Kier molecular flexibility index (Phi) is 18.1. The number of halogens is 7. The summed E-state index contributed by atoms with van der Waals surface area (Å²) in [5, 5.41) is 49.9. The van der Waals surface area contributed by atoms with Crippen LogP contribution in [0.5, 0.6) is 17.4 Å². The van der Waals surface area contributed by atoms with Gasteiger partial charge in [0.2, 0.25) is 17.7 Å². The second-order valence-corrected chi connectivity index (χ2v) is 22.9. The Hall–Kier alpha value is -7.79. The molecule has 10 aromatic rings. The monoisotopic (exact) mass is 1250 g/mol. The molecule has 4 aliphatic rings. The van der Waals surface area contributed by atoms with Crippen molar-refractivity contribution < 1.29 is 42.2 Å². The number of nitrogens with zero attached hydrogens (tertiary/aromatic N) is 8. The number of hydrogen-bond acceptors (Lipinski definition) is 16. The van der Waals surface area contributed by atoms with Gasteiger partial charge in [-0.25, -0.2) is 0 Å². The lowest BCUT2D eigenvalue weighted by molar-refractivity contribution is -0.140. The minimum absolute atomic E-state index is 0.0291. The summed E-state index contributed by atoms with van der Waals surface area (Å²) in [6, 6.07) is 40.3. The third-order valence-electron chi connectivity index (χ3n) is 14.0. The van der Waals surface area contributed by atoms with Crippen LogP contribution in [0.25, 0.3) is 43.1 Å². The number of hydrogen-bond donors (Lipinski definition) is 3. The Bertz CT molecular complexity index is 4070. The smallest absolute Gasteiger partial charge is 0.435 e. The molecule has 6 aromatic carbocycles. The van der Waals surface area contributed by atoms with E-state index in [1.54, 1.807) is 18.2 Å². The minimum atomic E-state index is -4.52. The van der Waals surface area contributed by atoms with Crippen molar-refractivity contribution in [3.63, 3.8) is 0 Å². The number of fused-ring (bicyclic) bond motifs is 6. The van der Waals surface area contributed by atoms with Gasteiger partial charge in [0.05, 0.1) is 11.4 Å². The number of carbonyl (C=O) groups excluding carboxylic acids is 4. The lowest BCUT2D eigenvalue weighted by atomic mass is 9.97. The van der Waals surface area contributed by atoms with Gasteiger partial charge in [-0.15, -0.1) is 30.6 Å². The largest absolute Gasteiger partial charge is 0.508 e. The van der Waals surface area contributed by atoms with Crippen molar-refractivity contribution in [1.29, 1.82) is 0 Å². The number of aromatic hydroxyl groups is 1. The Morgan fingerprint density at radius 1 is 0.500 bits per heavy atom. The molecular formula is C59H43Cl4F3N10O6S2. The molecule has 2 saturated heterocycles. The summed E-state index contributed by atoms with van der Waals surface area (Å²) in [6.07, 6.45) is -1.10. The highest BCUT2D eigenvalue weighted by Gasteiger charge is 2.43. The first kappa shape index (κ1) is 59.4. The van der Waals surface area contributed by atoms with Gasteiger partial charge in [0.1, 0.15) is 22.0 Å². The van der Waals surface area contributed by atoms with Crippen LogP contribution < -0.4 is 15.4 Å². The number of carbonyl (C=O) groups is 4. The highest BCUT2D eigenvalue weighted by atomic mass is 35.5. The summed E-state index contributed by atoms with van der Waals surface area (Å²) in [5.74, 6) is 1.20. The van der Waals surface area contributed by atoms with E-state index in [2.05, 4.69) is 51.4 Å². The van der Waals surface area contributed by atoms with Gasteiger partial charge in [-0.05, 0) is 92.1 Å². The number of alkyl halides is 3. The Morgan fingerprint density at radius 3 is 1.37 bits per heavy atom. The summed E-state index contributed by atoms with van der Waals surface area (Å²) in [6.45, 7) is 3.85. The maximum atomic E-state index is 12.5. The van der Waals surface area contributed by atoms with Gasteiger partial charge >= 0.3 is 6.18 Å². The molecule has 4 amide bonds. The van der Waals surface area contributed by atoms with Crippen LogP contribution in [-0.2, 0) is 28.6 Å². The molecule has 4 aromatic heterocycles. The summed E-state index contributed by atoms with van der Waals surface area (Å²) in [5.41, 5.74) is 5.21. The fourth-order valence-electron chi connectivity index (χ4n) is 10.2. The molecule has 3 N–H and O–H groups in total. The van der Waals surface area contributed by atoms with Crippen LogP contribution in [0.1, 0.15) is 64.0 Å². The van der Waals surface area contributed by atoms with Crippen molar-refractivity contribution in [3.8, 4) is 17.4 Å². The Labute approximate surface area is 504 Å². The Balaban J connectivity index is 0.000000122. The molecule has 0 radical (unpaired) electrons.